The van der Waals surface area contributed by atoms with Gasteiger partial charge in [-0.15, -0.1) is 0 Å². The topological polar surface area (TPSA) is 76.0 Å². The molecule has 2 amide bonds. The second-order valence-electron chi connectivity index (χ2n) is 5.24. The molecule has 0 fully saturated rings. The molecule has 0 radical (unpaired) electrons. The molecule has 0 bridgehead atoms. The summed E-state index contributed by atoms with van der Waals surface area (Å²) in [6, 6.07) is 2.18. The number of benzene rings is 1. The highest BCUT2D eigenvalue weighted by atomic mass is 19.2. The summed E-state index contributed by atoms with van der Waals surface area (Å²) in [4.78, 5) is 23.7. The summed E-state index contributed by atoms with van der Waals surface area (Å²) in [6.07, 6.45) is 0. The molecule has 9 heteroatoms. The number of anilines is 1. The molecular weight excluding hydrogens is 325 g/mol. The number of halogens is 3. The Balaban J connectivity index is 2.05. The number of aryl methyl sites for hydroxylation is 2. The van der Waals surface area contributed by atoms with Crippen molar-refractivity contribution in [3.63, 3.8) is 0 Å². The number of hydrogen-bond acceptors (Lipinski definition) is 3. The molecule has 2 rings (SSSR count). The number of hydrogen-bond donors (Lipinski definition) is 2. The van der Waals surface area contributed by atoms with Gasteiger partial charge in [-0.05, 0) is 31.5 Å². The molecule has 1 heterocycles. The number of rotatable bonds is 3. The molecule has 1 aromatic heterocycles. The van der Waals surface area contributed by atoms with Crippen LogP contribution in [0.15, 0.2) is 18.2 Å². The lowest BCUT2D eigenvalue weighted by molar-refractivity contribution is -0.136. The van der Waals surface area contributed by atoms with E-state index in [-0.39, 0.29) is 5.56 Å². The molecule has 0 aliphatic carbocycles. The Hall–Kier alpha value is -2.84. The van der Waals surface area contributed by atoms with Crippen LogP contribution in [0.3, 0.4) is 0 Å². The number of carbonyl (C=O) groups excluding carboxylic acids is 2. The molecular formula is C15H15F3N4O2. The van der Waals surface area contributed by atoms with Crippen LogP contribution in [0.5, 0.6) is 0 Å². The molecule has 1 aromatic carbocycles. The van der Waals surface area contributed by atoms with E-state index < -0.39 is 35.3 Å². The fourth-order valence-electron chi connectivity index (χ4n) is 2.07. The number of nitrogens with zero attached hydrogens (tertiary/aromatic N) is 2. The van der Waals surface area contributed by atoms with E-state index in [0.29, 0.717) is 11.5 Å². The van der Waals surface area contributed by atoms with Crippen molar-refractivity contribution in [3.8, 4) is 0 Å². The maximum atomic E-state index is 13.2. The zero-order valence-electron chi connectivity index (χ0n) is 13.2. The molecule has 6 nitrogen and oxygen atoms in total. The van der Waals surface area contributed by atoms with Gasteiger partial charge in [0.25, 0.3) is 0 Å². The zero-order valence-corrected chi connectivity index (χ0v) is 13.2. The van der Waals surface area contributed by atoms with Crippen molar-refractivity contribution >= 4 is 17.6 Å². The second-order valence-corrected chi connectivity index (χ2v) is 5.24. The number of aromatic nitrogens is 2. The standard InChI is InChI=1S/C15H15F3N4O2/c1-7-4-12(22(3)21-7)20-15(24)14(23)19-8(2)9-5-10(16)13(18)11(17)6-9/h4-6,8H,1-3H3,(H,19,23)(H,20,24)/t8-/m0/s1. The summed E-state index contributed by atoms with van der Waals surface area (Å²) >= 11 is 0. The van der Waals surface area contributed by atoms with Gasteiger partial charge in [0.1, 0.15) is 5.82 Å². The van der Waals surface area contributed by atoms with Gasteiger partial charge in [-0.3, -0.25) is 14.3 Å². The fraction of sp³-hybridized carbons (Fsp3) is 0.267. The van der Waals surface area contributed by atoms with Crippen LogP contribution in [0.4, 0.5) is 19.0 Å². The van der Waals surface area contributed by atoms with Gasteiger partial charge >= 0.3 is 11.8 Å². The summed E-state index contributed by atoms with van der Waals surface area (Å²) in [5.74, 6) is -6.00. The van der Waals surface area contributed by atoms with Crippen LogP contribution in [0.2, 0.25) is 0 Å². The van der Waals surface area contributed by atoms with Gasteiger partial charge in [0.2, 0.25) is 0 Å². The highest BCUT2D eigenvalue weighted by Gasteiger charge is 2.20. The summed E-state index contributed by atoms with van der Waals surface area (Å²) in [5.41, 5.74) is 0.641. The maximum Gasteiger partial charge on any atom is 0.314 e. The van der Waals surface area contributed by atoms with Crippen molar-refractivity contribution in [3.05, 3.63) is 46.9 Å². The molecule has 2 N–H and O–H groups in total. The molecule has 0 aliphatic rings. The molecule has 0 spiro atoms. The lowest BCUT2D eigenvalue weighted by Gasteiger charge is -2.14. The predicted octanol–water partition coefficient (Wildman–Crippen LogP) is 1.96. The van der Waals surface area contributed by atoms with Crippen molar-refractivity contribution in [2.24, 2.45) is 7.05 Å². The molecule has 1 atom stereocenters. The Labute approximate surface area is 135 Å². The van der Waals surface area contributed by atoms with E-state index in [4.69, 9.17) is 0 Å². The van der Waals surface area contributed by atoms with E-state index in [1.165, 1.54) is 11.6 Å². The van der Waals surface area contributed by atoms with Crippen molar-refractivity contribution in [2.75, 3.05) is 5.32 Å². The molecule has 0 saturated heterocycles. The van der Waals surface area contributed by atoms with E-state index >= 15 is 0 Å². The van der Waals surface area contributed by atoms with Gasteiger partial charge in [0.15, 0.2) is 17.5 Å². The van der Waals surface area contributed by atoms with Crippen LogP contribution in [0.25, 0.3) is 0 Å². The first-order chi connectivity index (χ1) is 11.2. The number of carbonyl (C=O) groups is 2. The van der Waals surface area contributed by atoms with Crippen LogP contribution >= 0.6 is 0 Å². The third kappa shape index (κ3) is 3.73. The summed E-state index contributed by atoms with van der Waals surface area (Å²) in [6.45, 7) is 3.13. The number of amides is 2. The minimum atomic E-state index is -1.60. The molecule has 0 unspecified atom stereocenters. The van der Waals surface area contributed by atoms with E-state index in [1.54, 1.807) is 20.0 Å². The predicted molar refractivity (Wildman–Crippen MR) is 79.4 cm³/mol. The van der Waals surface area contributed by atoms with Crippen molar-refractivity contribution in [2.45, 2.75) is 19.9 Å². The Morgan fingerprint density at radius 2 is 1.71 bits per heavy atom. The Morgan fingerprint density at radius 1 is 1.12 bits per heavy atom. The Kier molecular flexibility index (Phi) is 4.91. The first kappa shape index (κ1) is 17.5. The van der Waals surface area contributed by atoms with Gasteiger partial charge in [-0.1, -0.05) is 0 Å². The second kappa shape index (κ2) is 6.73. The first-order valence-electron chi connectivity index (χ1n) is 6.96. The largest absolute Gasteiger partial charge is 0.341 e. The molecule has 0 saturated carbocycles. The van der Waals surface area contributed by atoms with Crippen LogP contribution in [0.1, 0.15) is 24.2 Å². The molecule has 128 valence electrons. The summed E-state index contributed by atoms with van der Waals surface area (Å²) in [5, 5.41) is 8.65. The lowest BCUT2D eigenvalue weighted by Crippen LogP contribution is -2.37. The summed E-state index contributed by atoms with van der Waals surface area (Å²) in [7, 11) is 1.59. The van der Waals surface area contributed by atoms with Gasteiger partial charge in [0.05, 0.1) is 11.7 Å². The highest BCUT2D eigenvalue weighted by Crippen LogP contribution is 2.19. The van der Waals surface area contributed by atoms with Crippen LogP contribution in [0, 0.1) is 24.4 Å². The number of nitrogens with one attached hydrogen (secondary N) is 2. The SMILES string of the molecule is Cc1cc(NC(=O)C(=O)N[C@@H](C)c2cc(F)c(F)c(F)c2)n(C)n1. The average molecular weight is 340 g/mol. The quantitative estimate of drug-likeness (QED) is 0.662. The molecule has 2 aromatic rings. The Morgan fingerprint density at radius 3 is 2.21 bits per heavy atom. The van der Waals surface area contributed by atoms with Gasteiger partial charge in [-0.25, -0.2) is 13.2 Å². The van der Waals surface area contributed by atoms with E-state index in [9.17, 15) is 22.8 Å². The van der Waals surface area contributed by atoms with E-state index in [1.807, 2.05) is 0 Å². The third-order valence-electron chi connectivity index (χ3n) is 3.30. The van der Waals surface area contributed by atoms with E-state index in [0.717, 1.165) is 12.1 Å². The van der Waals surface area contributed by atoms with Crippen LogP contribution < -0.4 is 10.6 Å². The highest BCUT2D eigenvalue weighted by molar-refractivity contribution is 6.39. The minimum Gasteiger partial charge on any atom is -0.341 e. The average Bonchev–Trinajstić information content (AvgIpc) is 2.81. The Bertz CT molecular complexity index is 781. The minimum absolute atomic E-state index is 0.0103. The smallest absolute Gasteiger partial charge is 0.314 e. The van der Waals surface area contributed by atoms with Gasteiger partial charge in [-0.2, -0.15) is 5.10 Å². The fourth-order valence-corrected chi connectivity index (χ4v) is 2.07. The normalized spacial score (nSPS) is 11.9. The van der Waals surface area contributed by atoms with Crippen molar-refractivity contribution in [1.29, 1.82) is 0 Å². The van der Waals surface area contributed by atoms with Gasteiger partial charge < -0.3 is 10.6 Å². The van der Waals surface area contributed by atoms with E-state index in [2.05, 4.69) is 15.7 Å². The van der Waals surface area contributed by atoms with Crippen molar-refractivity contribution < 1.29 is 22.8 Å². The molecule has 0 aliphatic heterocycles. The lowest BCUT2D eigenvalue weighted by atomic mass is 10.1. The first-order valence-corrected chi connectivity index (χ1v) is 6.96. The van der Waals surface area contributed by atoms with Crippen LogP contribution in [-0.2, 0) is 16.6 Å². The third-order valence-corrected chi connectivity index (χ3v) is 3.30. The maximum absolute atomic E-state index is 13.2. The monoisotopic (exact) mass is 340 g/mol. The van der Waals surface area contributed by atoms with Crippen LogP contribution in [-0.4, -0.2) is 21.6 Å². The van der Waals surface area contributed by atoms with Crippen molar-refractivity contribution in [1.82, 2.24) is 15.1 Å². The molecule has 24 heavy (non-hydrogen) atoms. The zero-order chi connectivity index (χ0) is 18.0. The van der Waals surface area contributed by atoms with Gasteiger partial charge in [0, 0.05) is 13.1 Å². The summed E-state index contributed by atoms with van der Waals surface area (Å²) < 4.78 is 40.7.